The third-order valence-corrected chi connectivity index (χ3v) is 4.41. The highest BCUT2D eigenvalue weighted by molar-refractivity contribution is 9.11. The summed E-state index contributed by atoms with van der Waals surface area (Å²) >= 11 is 5.00. The molecule has 0 unspecified atom stereocenters. The van der Waals surface area contributed by atoms with Crippen LogP contribution in [0.3, 0.4) is 0 Å². The molecular weight excluding hydrogens is 328 g/mol. The van der Waals surface area contributed by atoms with Crippen molar-refractivity contribution >= 4 is 39.2 Å². The maximum absolute atomic E-state index is 11.6. The predicted molar refractivity (Wildman–Crippen MR) is 81.3 cm³/mol. The molecule has 0 bridgehead atoms. The molecule has 0 atom stereocenters. The second-order valence-electron chi connectivity index (χ2n) is 4.22. The van der Waals surface area contributed by atoms with E-state index in [4.69, 9.17) is 4.74 Å². The van der Waals surface area contributed by atoms with E-state index in [1.165, 1.54) is 0 Å². The highest BCUT2D eigenvalue weighted by Gasteiger charge is 2.09. The molecular formula is C13H17BrN2O2S. The molecule has 2 heterocycles. The van der Waals surface area contributed by atoms with Gasteiger partial charge in [-0.1, -0.05) is 0 Å². The number of hydrogen-bond acceptors (Lipinski definition) is 4. The summed E-state index contributed by atoms with van der Waals surface area (Å²) < 4.78 is 6.34. The quantitative estimate of drug-likeness (QED) is 0.830. The zero-order valence-electron chi connectivity index (χ0n) is 10.6. The summed E-state index contributed by atoms with van der Waals surface area (Å²) in [5.74, 6) is -0.0437. The Hall–Kier alpha value is -0.690. The fourth-order valence-corrected chi connectivity index (χ4v) is 3.12. The van der Waals surface area contributed by atoms with Crippen molar-refractivity contribution in [3.05, 3.63) is 26.9 Å². The first-order valence-corrected chi connectivity index (χ1v) is 7.86. The zero-order valence-corrected chi connectivity index (χ0v) is 13.0. The van der Waals surface area contributed by atoms with Crippen molar-refractivity contribution in [3.8, 4) is 0 Å². The van der Waals surface area contributed by atoms with Gasteiger partial charge in [0.25, 0.3) is 0 Å². The lowest BCUT2D eigenvalue weighted by Gasteiger charge is -2.26. The van der Waals surface area contributed by atoms with Crippen LogP contribution in [0.4, 0.5) is 0 Å². The van der Waals surface area contributed by atoms with E-state index in [1.807, 2.05) is 18.2 Å². The molecule has 0 saturated carbocycles. The van der Waals surface area contributed by atoms with E-state index in [2.05, 4.69) is 26.1 Å². The summed E-state index contributed by atoms with van der Waals surface area (Å²) in [6, 6.07) is 3.95. The maximum Gasteiger partial charge on any atom is 0.244 e. The summed E-state index contributed by atoms with van der Waals surface area (Å²) in [7, 11) is 0. The van der Waals surface area contributed by atoms with Gasteiger partial charge >= 0.3 is 0 Å². The predicted octanol–water partition coefficient (Wildman–Crippen LogP) is 1.97. The molecule has 1 aliphatic rings. The Kier molecular flexibility index (Phi) is 6.03. The van der Waals surface area contributed by atoms with Crippen LogP contribution in [0, 0.1) is 0 Å². The fraction of sp³-hybridized carbons (Fsp3) is 0.462. The third kappa shape index (κ3) is 5.44. The molecule has 2 rings (SSSR count). The number of carbonyl (C=O) groups excluding carboxylic acids is 1. The van der Waals surface area contributed by atoms with Crippen molar-refractivity contribution in [2.45, 2.75) is 0 Å². The van der Waals surface area contributed by atoms with Crippen LogP contribution in [0.25, 0.3) is 6.08 Å². The van der Waals surface area contributed by atoms with Crippen LogP contribution in [0.5, 0.6) is 0 Å². The number of halogens is 1. The second-order valence-corrected chi connectivity index (χ2v) is 6.71. The molecule has 1 aromatic rings. The fourth-order valence-electron chi connectivity index (χ4n) is 1.80. The number of amides is 1. The van der Waals surface area contributed by atoms with Crippen LogP contribution < -0.4 is 5.32 Å². The summed E-state index contributed by atoms with van der Waals surface area (Å²) in [4.78, 5) is 15.0. The van der Waals surface area contributed by atoms with Crippen molar-refractivity contribution in [2.75, 3.05) is 39.4 Å². The number of rotatable bonds is 5. The van der Waals surface area contributed by atoms with E-state index in [-0.39, 0.29) is 5.91 Å². The topological polar surface area (TPSA) is 41.6 Å². The molecule has 0 radical (unpaired) electrons. The van der Waals surface area contributed by atoms with Gasteiger partial charge in [-0.05, 0) is 34.1 Å². The molecule has 1 aliphatic heterocycles. The minimum absolute atomic E-state index is 0.0437. The molecule has 1 saturated heterocycles. The van der Waals surface area contributed by atoms with Gasteiger partial charge in [-0.3, -0.25) is 9.69 Å². The Bertz CT molecular complexity index is 442. The Morgan fingerprint density at radius 2 is 2.26 bits per heavy atom. The lowest BCUT2D eigenvalue weighted by Crippen LogP contribution is -2.41. The maximum atomic E-state index is 11.6. The lowest BCUT2D eigenvalue weighted by atomic mass is 10.4. The third-order valence-electron chi connectivity index (χ3n) is 2.82. The number of ether oxygens (including phenoxy) is 1. The van der Waals surface area contributed by atoms with Crippen molar-refractivity contribution in [3.63, 3.8) is 0 Å². The molecule has 0 aliphatic carbocycles. The first-order chi connectivity index (χ1) is 9.24. The number of carbonyl (C=O) groups is 1. The molecule has 1 amide bonds. The van der Waals surface area contributed by atoms with Gasteiger partial charge in [0.1, 0.15) is 0 Å². The van der Waals surface area contributed by atoms with Crippen LogP contribution in [-0.2, 0) is 9.53 Å². The summed E-state index contributed by atoms with van der Waals surface area (Å²) in [5.41, 5.74) is 0. The molecule has 1 N–H and O–H groups in total. The molecule has 0 aromatic carbocycles. The normalized spacial score (nSPS) is 16.9. The average Bonchev–Trinajstić information content (AvgIpc) is 2.83. The van der Waals surface area contributed by atoms with Gasteiger partial charge in [-0.15, -0.1) is 11.3 Å². The van der Waals surface area contributed by atoms with Gasteiger partial charge in [-0.25, -0.2) is 0 Å². The van der Waals surface area contributed by atoms with Gasteiger partial charge in [0.05, 0.1) is 17.0 Å². The van der Waals surface area contributed by atoms with Crippen molar-refractivity contribution < 1.29 is 9.53 Å². The Balaban J connectivity index is 1.65. The largest absolute Gasteiger partial charge is 0.379 e. The van der Waals surface area contributed by atoms with E-state index in [0.29, 0.717) is 6.54 Å². The Morgan fingerprint density at radius 3 is 2.95 bits per heavy atom. The molecule has 1 fully saturated rings. The number of nitrogens with one attached hydrogen (secondary N) is 1. The molecule has 104 valence electrons. The molecule has 19 heavy (non-hydrogen) atoms. The van der Waals surface area contributed by atoms with Gasteiger partial charge in [-0.2, -0.15) is 0 Å². The highest BCUT2D eigenvalue weighted by atomic mass is 79.9. The van der Waals surface area contributed by atoms with E-state index >= 15 is 0 Å². The summed E-state index contributed by atoms with van der Waals surface area (Å²) in [5, 5.41) is 2.89. The number of nitrogens with zero attached hydrogens (tertiary/aromatic N) is 1. The molecule has 4 nitrogen and oxygen atoms in total. The Morgan fingerprint density at radius 1 is 1.47 bits per heavy atom. The smallest absolute Gasteiger partial charge is 0.244 e. The van der Waals surface area contributed by atoms with E-state index in [0.717, 1.165) is 41.5 Å². The lowest BCUT2D eigenvalue weighted by molar-refractivity contribution is -0.116. The van der Waals surface area contributed by atoms with Gasteiger partial charge in [0.15, 0.2) is 0 Å². The van der Waals surface area contributed by atoms with Crippen LogP contribution >= 0.6 is 27.3 Å². The SMILES string of the molecule is O=C(/C=C/c1ccc(Br)s1)NCCN1CCOCC1. The average molecular weight is 345 g/mol. The summed E-state index contributed by atoms with van der Waals surface area (Å²) in [6.07, 6.45) is 3.41. The first kappa shape index (κ1) is 14.7. The van der Waals surface area contributed by atoms with Crippen LogP contribution in [0.2, 0.25) is 0 Å². The minimum Gasteiger partial charge on any atom is -0.379 e. The van der Waals surface area contributed by atoms with E-state index in [9.17, 15) is 4.79 Å². The van der Waals surface area contributed by atoms with Crippen molar-refractivity contribution in [1.29, 1.82) is 0 Å². The number of hydrogen-bond donors (Lipinski definition) is 1. The second kappa shape index (κ2) is 7.79. The number of morpholine rings is 1. The number of thiophene rings is 1. The minimum atomic E-state index is -0.0437. The van der Waals surface area contributed by atoms with Gasteiger partial charge < -0.3 is 10.1 Å². The van der Waals surface area contributed by atoms with Crippen molar-refractivity contribution in [2.24, 2.45) is 0 Å². The first-order valence-electron chi connectivity index (χ1n) is 6.25. The molecule has 1 aromatic heterocycles. The van der Waals surface area contributed by atoms with Crippen molar-refractivity contribution in [1.82, 2.24) is 10.2 Å². The standard InChI is InChI=1S/C13H17BrN2O2S/c14-12-3-1-11(19-12)2-4-13(17)15-5-6-16-7-9-18-10-8-16/h1-4H,5-10H2,(H,15,17)/b4-2+. The van der Waals surface area contributed by atoms with Gasteiger partial charge in [0, 0.05) is 37.1 Å². The van der Waals surface area contributed by atoms with Gasteiger partial charge in [0.2, 0.25) is 5.91 Å². The van der Waals surface area contributed by atoms with Crippen LogP contribution in [-0.4, -0.2) is 50.2 Å². The van der Waals surface area contributed by atoms with E-state index in [1.54, 1.807) is 17.4 Å². The van der Waals surface area contributed by atoms with Crippen LogP contribution in [0.1, 0.15) is 4.88 Å². The van der Waals surface area contributed by atoms with Crippen LogP contribution in [0.15, 0.2) is 22.0 Å². The van der Waals surface area contributed by atoms with E-state index < -0.39 is 0 Å². The highest BCUT2D eigenvalue weighted by Crippen LogP contribution is 2.22. The Labute approximate surface area is 125 Å². The molecule has 6 heteroatoms. The molecule has 0 spiro atoms. The monoisotopic (exact) mass is 344 g/mol. The zero-order chi connectivity index (χ0) is 13.5. The summed E-state index contributed by atoms with van der Waals surface area (Å²) in [6.45, 7) is 5.05.